The molecule has 0 aromatic heterocycles. The van der Waals surface area contributed by atoms with Crippen LogP contribution in [-0.4, -0.2) is 28.9 Å². The number of para-hydroxylation sites is 1. The Morgan fingerprint density at radius 3 is 2.71 bits per heavy atom. The van der Waals surface area contributed by atoms with Crippen LogP contribution in [-0.2, 0) is 4.79 Å². The maximum absolute atomic E-state index is 13.1. The number of benzene rings is 3. The molecule has 0 saturated heterocycles. The molecular weight excluding hydrogens is 408 g/mol. The third-order valence-corrected chi connectivity index (χ3v) is 6.13. The van der Waals surface area contributed by atoms with Crippen molar-refractivity contribution in [1.29, 1.82) is 0 Å². The molecule has 0 radical (unpaired) electrons. The van der Waals surface area contributed by atoms with Crippen LogP contribution in [0, 0.1) is 0 Å². The Balaban J connectivity index is 1.76. The zero-order chi connectivity index (χ0) is 21.4. The van der Waals surface area contributed by atoms with Gasteiger partial charge in [-0.25, -0.2) is 5.01 Å². The summed E-state index contributed by atoms with van der Waals surface area (Å²) in [6.07, 6.45) is 1.30. The van der Waals surface area contributed by atoms with Gasteiger partial charge in [0.2, 0.25) is 0 Å². The first kappa shape index (κ1) is 19.4. The van der Waals surface area contributed by atoms with E-state index in [-0.39, 0.29) is 5.91 Å². The van der Waals surface area contributed by atoms with Crippen molar-refractivity contribution >= 4 is 39.3 Å². The van der Waals surface area contributed by atoms with E-state index >= 15 is 0 Å². The minimum atomic E-state index is -0.480. The summed E-state index contributed by atoms with van der Waals surface area (Å²) in [5.41, 5.74) is 1.45. The van der Waals surface area contributed by atoms with E-state index in [1.54, 1.807) is 18.2 Å². The van der Waals surface area contributed by atoms with E-state index in [0.29, 0.717) is 16.6 Å². The van der Waals surface area contributed by atoms with Crippen molar-refractivity contribution in [3.8, 4) is 5.75 Å². The van der Waals surface area contributed by atoms with Crippen LogP contribution in [0.5, 0.6) is 5.75 Å². The third kappa shape index (κ3) is 3.27. The average Bonchev–Trinajstić information content (AvgIpc) is 2.81. The molecule has 0 aliphatic carbocycles. The number of carbonyl (C=O) groups is 1. The number of hydrogen-bond acceptors (Lipinski definition) is 6. The molecule has 0 bridgehead atoms. The number of ether oxygens (including phenoxy) is 1. The van der Waals surface area contributed by atoms with E-state index in [1.165, 1.54) is 11.8 Å². The van der Waals surface area contributed by atoms with Crippen molar-refractivity contribution < 1.29 is 9.53 Å². The molecule has 3 aromatic rings. The molecule has 5 rings (SSSR count). The third-order valence-electron chi connectivity index (χ3n) is 5.27. The molecule has 2 heterocycles. The van der Waals surface area contributed by atoms with Crippen LogP contribution < -0.4 is 20.6 Å². The topological polar surface area (TPSA) is 66.3 Å². The molecular formula is C24H20N4O2S. The standard InChI is InChI=1S/C24H20N4O2S/c1-3-14-31-24-26-23(29)21-18-10-6-7-11-19(18)25-22(28(21)27-24)17-12-13-20(30-2)16-9-5-4-8-15(16)17/h3-13,22H,1,14H2,2H3,(H,26,27,29). The second-order valence-corrected chi connectivity index (χ2v) is 8.08. The Bertz CT molecular complexity index is 1370. The summed E-state index contributed by atoms with van der Waals surface area (Å²) in [7, 11) is 1.66. The lowest BCUT2D eigenvalue weighted by atomic mass is 10.00. The zero-order valence-electron chi connectivity index (χ0n) is 16.9. The van der Waals surface area contributed by atoms with Crippen molar-refractivity contribution in [1.82, 2.24) is 10.3 Å². The summed E-state index contributed by atoms with van der Waals surface area (Å²) >= 11 is 1.43. The number of fused-ring (bicyclic) bond motifs is 3. The van der Waals surface area contributed by atoms with E-state index in [4.69, 9.17) is 14.8 Å². The summed E-state index contributed by atoms with van der Waals surface area (Å²) in [6, 6.07) is 19.6. The van der Waals surface area contributed by atoms with Gasteiger partial charge in [-0.3, -0.25) is 15.1 Å². The molecule has 0 saturated carbocycles. The number of nitrogens with one attached hydrogen (secondary N) is 1. The molecule has 0 fully saturated rings. The smallest absolute Gasteiger partial charge is 0.276 e. The fraction of sp³-hybridized carbons (Fsp3) is 0.125. The minimum Gasteiger partial charge on any atom is -0.496 e. The minimum absolute atomic E-state index is 0.188. The lowest BCUT2D eigenvalue weighted by molar-refractivity contribution is -0.116. The van der Waals surface area contributed by atoms with Crippen molar-refractivity contribution in [3.05, 3.63) is 89.5 Å². The van der Waals surface area contributed by atoms with Gasteiger partial charge in [-0.2, -0.15) is 0 Å². The highest BCUT2D eigenvalue weighted by Gasteiger charge is 2.35. The molecule has 3 aromatic carbocycles. The van der Waals surface area contributed by atoms with Gasteiger partial charge in [0.25, 0.3) is 5.91 Å². The highest BCUT2D eigenvalue weighted by molar-refractivity contribution is 8.14. The van der Waals surface area contributed by atoms with Gasteiger partial charge in [-0.1, -0.05) is 66.4 Å². The summed E-state index contributed by atoms with van der Waals surface area (Å²) in [4.78, 5) is 18.1. The molecule has 1 N–H and O–H groups in total. The number of amidine groups is 1. The molecule has 2 aliphatic heterocycles. The van der Waals surface area contributed by atoms with E-state index in [2.05, 4.69) is 11.9 Å². The number of hydrazone groups is 1. The van der Waals surface area contributed by atoms with Crippen LogP contribution in [0.3, 0.4) is 0 Å². The first-order chi connectivity index (χ1) is 15.2. The van der Waals surface area contributed by atoms with E-state index in [1.807, 2.05) is 60.7 Å². The first-order valence-corrected chi connectivity index (χ1v) is 10.9. The van der Waals surface area contributed by atoms with Crippen LogP contribution in [0.1, 0.15) is 11.7 Å². The molecule has 7 heteroatoms. The van der Waals surface area contributed by atoms with Gasteiger partial charge >= 0.3 is 0 Å². The van der Waals surface area contributed by atoms with Gasteiger partial charge in [-0.05, 0) is 17.5 Å². The largest absolute Gasteiger partial charge is 0.496 e. The number of nitrogens with zero attached hydrogens (tertiary/aromatic N) is 3. The molecule has 31 heavy (non-hydrogen) atoms. The summed E-state index contributed by atoms with van der Waals surface area (Å²) in [5.74, 6) is 1.25. The Morgan fingerprint density at radius 2 is 1.90 bits per heavy atom. The lowest BCUT2D eigenvalue weighted by Crippen LogP contribution is -2.50. The van der Waals surface area contributed by atoms with Crippen LogP contribution in [0.25, 0.3) is 16.5 Å². The molecule has 6 nitrogen and oxygen atoms in total. The number of amides is 1. The van der Waals surface area contributed by atoms with Gasteiger partial charge in [0, 0.05) is 21.9 Å². The Kier molecular flexibility index (Phi) is 4.95. The fourth-order valence-corrected chi connectivity index (χ4v) is 4.52. The predicted octanol–water partition coefficient (Wildman–Crippen LogP) is 2.91. The Labute approximate surface area is 183 Å². The lowest BCUT2D eigenvalue weighted by Gasteiger charge is -2.34. The van der Waals surface area contributed by atoms with Gasteiger partial charge in [0.1, 0.15) is 11.4 Å². The first-order valence-electron chi connectivity index (χ1n) is 9.87. The maximum atomic E-state index is 13.1. The van der Waals surface area contributed by atoms with Crippen LogP contribution in [0.2, 0.25) is 0 Å². The van der Waals surface area contributed by atoms with Crippen LogP contribution in [0.15, 0.2) is 83.4 Å². The van der Waals surface area contributed by atoms with Crippen LogP contribution in [0.4, 0.5) is 0 Å². The maximum Gasteiger partial charge on any atom is 0.276 e. The van der Waals surface area contributed by atoms with E-state index in [0.717, 1.165) is 32.7 Å². The molecule has 154 valence electrons. The van der Waals surface area contributed by atoms with Crippen molar-refractivity contribution in [2.75, 3.05) is 12.9 Å². The van der Waals surface area contributed by atoms with Gasteiger partial charge in [0.15, 0.2) is 11.3 Å². The summed E-state index contributed by atoms with van der Waals surface area (Å²) in [6.45, 7) is 3.75. The van der Waals surface area contributed by atoms with Crippen molar-refractivity contribution in [2.45, 2.75) is 6.17 Å². The second kappa shape index (κ2) is 7.92. The van der Waals surface area contributed by atoms with Crippen molar-refractivity contribution in [3.63, 3.8) is 0 Å². The molecule has 1 unspecified atom stereocenters. The summed E-state index contributed by atoms with van der Waals surface area (Å²) in [5, 5.41) is 13.5. The molecule has 1 amide bonds. The number of hydrogen-bond donors (Lipinski definition) is 1. The van der Waals surface area contributed by atoms with Gasteiger partial charge in [0.05, 0.1) is 12.5 Å². The van der Waals surface area contributed by atoms with Gasteiger partial charge < -0.3 is 4.74 Å². The Hall–Kier alpha value is -3.58. The quantitative estimate of drug-likeness (QED) is 0.649. The van der Waals surface area contributed by atoms with Crippen molar-refractivity contribution in [2.24, 2.45) is 10.1 Å². The van der Waals surface area contributed by atoms with Crippen LogP contribution >= 0.6 is 11.8 Å². The van der Waals surface area contributed by atoms with Gasteiger partial charge in [-0.15, -0.1) is 11.7 Å². The molecule has 0 spiro atoms. The fourth-order valence-electron chi connectivity index (χ4n) is 3.93. The average molecular weight is 429 g/mol. The molecule has 2 aliphatic rings. The number of thioether (sulfide) groups is 1. The highest BCUT2D eigenvalue weighted by Crippen LogP contribution is 2.37. The SMILES string of the molecule is C=CCSC1=NN2C(=c3ccccc3=NC2c2ccc(OC)c3ccccc23)C(=O)N1. The zero-order valence-corrected chi connectivity index (χ0v) is 17.7. The number of carbonyl (C=O) groups excluding carboxylic acids is 1. The number of rotatable bonds is 4. The van der Waals surface area contributed by atoms with E-state index < -0.39 is 6.17 Å². The monoisotopic (exact) mass is 428 g/mol. The predicted molar refractivity (Wildman–Crippen MR) is 124 cm³/mol. The van der Waals surface area contributed by atoms with E-state index in [9.17, 15) is 4.79 Å². The summed E-state index contributed by atoms with van der Waals surface area (Å²) < 4.78 is 5.56. The second-order valence-electron chi connectivity index (χ2n) is 7.07. The Morgan fingerprint density at radius 1 is 1.13 bits per heavy atom. The highest BCUT2D eigenvalue weighted by atomic mass is 32.2. The molecule has 1 atom stereocenters. The number of methoxy groups -OCH3 is 1. The normalized spacial score (nSPS) is 17.3.